The summed E-state index contributed by atoms with van der Waals surface area (Å²) in [6.45, 7) is 3.48. The fraction of sp³-hybridized carbons (Fsp3) is 0.562. The van der Waals surface area contributed by atoms with Gasteiger partial charge in [0.25, 0.3) is 0 Å². The second-order valence-corrected chi connectivity index (χ2v) is 5.35. The highest BCUT2D eigenvalue weighted by atomic mass is 127. The minimum atomic E-state index is -4.16. The number of nitrogens with one attached hydrogen (secondary N) is 2. The van der Waals surface area contributed by atoms with Crippen LogP contribution in [0.5, 0.6) is 0 Å². The van der Waals surface area contributed by atoms with E-state index in [4.69, 9.17) is 4.74 Å². The van der Waals surface area contributed by atoms with Gasteiger partial charge in [-0.15, -0.1) is 24.0 Å². The number of ether oxygens (including phenoxy) is 1. The second-order valence-electron chi connectivity index (χ2n) is 5.35. The number of guanidine groups is 1. The van der Waals surface area contributed by atoms with Crippen LogP contribution in [-0.2, 0) is 11.3 Å². The lowest BCUT2D eigenvalue weighted by atomic mass is 10.2. The molecule has 0 aliphatic rings. The molecule has 138 valence electrons. The molecule has 1 unspecified atom stereocenters. The second kappa shape index (κ2) is 12.3. The molecule has 4 nitrogen and oxygen atoms in total. The number of hydrogen-bond donors (Lipinski definition) is 2. The number of halogens is 4. The van der Waals surface area contributed by atoms with Crippen molar-refractivity contribution >= 4 is 29.9 Å². The molecule has 0 spiro atoms. The first-order valence-electron chi connectivity index (χ1n) is 7.53. The molecule has 1 atom stereocenters. The third-order valence-corrected chi connectivity index (χ3v) is 3.06. The summed E-state index contributed by atoms with van der Waals surface area (Å²) in [6, 6.07) is 9.86. The Labute approximate surface area is 158 Å². The van der Waals surface area contributed by atoms with Crippen LogP contribution in [0, 0.1) is 5.92 Å². The predicted octanol–water partition coefficient (Wildman–Crippen LogP) is 3.57. The predicted molar refractivity (Wildman–Crippen MR) is 101 cm³/mol. The fourth-order valence-corrected chi connectivity index (χ4v) is 1.83. The lowest BCUT2D eigenvalue weighted by molar-refractivity contribution is -0.132. The van der Waals surface area contributed by atoms with Gasteiger partial charge in [0.15, 0.2) is 5.96 Å². The smallest absolute Gasteiger partial charge is 0.376 e. The maximum Gasteiger partial charge on any atom is 0.390 e. The summed E-state index contributed by atoms with van der Waals surface area (Å²) in [5.41, 5.74) is 1.11. The number of rotatable bonds is 8. The molecule has 24 heavy (non-hydrogen) atoms. The number of benzene rings is 1. The van der Waals surface area contributed by atoms with Crippen molar-refractivity contribution in [1.82, 2.24) is 10.6 Å². The van der Waals surface area contributed by atoms with Gasteiger partial charge >= 0.3 is 6.18 Å². The average molecular weight is 459 g/mol. The monoisotopic (exact) mass is 459 g/mol. The maximum absolute atomic E-state index is 12.1. The maximum atomic E-state index is 12.1. The Hall–Kier alpha value is -1.03. The molecule has 0 radical (unpaired) electrons. The van der Waals surface area contributed by atoms with E-state index >= 15 is 0 Å². The minimum Gasteiger partial charge on any atom is -0.376 e. The largest absolute Gasteiger partial charge is 0.390 e. The molecule has 1 aromatic rings. The summed E-state index contributed by atoms with van der Waals surface area (Å²) >= 11 is 0. The summed E-state index contributed by atoms with van der Waals surface area (Å²) < 4.78 is 41.9. The lowest BCUT2D eigenvalue weighted by Crippen LogP contribution is -2.41. The minimum absolute atomic E-state index is 0. The molecular weight excluding hydrogens is 434 g/mol. The Morgan fingerprint density at radius 1 is 1.21 bits per heavy atom. The highest BCUT2D eigenvalue weighted by molar-refractivity contribution is 14.0. The first-order chi connectivity index (χ1) is 10.9. The van der Waals surface area contributed by atoms with Crippen molar-refractivity contribution in [2.75, 3.05) is 26.7 Å². The van der Waals surface area contributed by atoms with Crippen molar-refractivity contribution in [3.63, 3.8) is 0 Å². The first-order valence-corrected chi connectivity index (χ1v) is 7.53. The van der Waals surface area contributed by atoms with Crippen LogP contribution in [0.15, 0.2) is 35.3 Å². The number of nitrogens with zero attached hydrogens (tertiary/aromatic N) is 1. The third kappa shape index (κ3) is 11.5. The van der Waals surface area contributed by atoms with Crippen LogP contribution in [0.4, 0.5) is 13.2 Å². The van der Waals surface area contributed by atoms with Gasteiger partial charge in [0.1, 0.15) is 0 Å². The number of alkyl halides is 3. The van der Waals surface area contributed by atoms with E-state index in [0.717, 1.165) is 5.56 Å². The van der Waals surface area contributed by atoms with Gasteiger partial charge < -0.3 is 15.4 Å². The van der Waals surface area contributed by atoms with Crippen molar-refractivity contribution in [1.29, 1.82) is 0 Å². The molecule has 0 saturated carbocycles. The average Bonchev–Trinajstić information content (AvgIpc) is 2.50. The SMILES string of the molecule is CN=C(NCCC(F)(F)F)NCC(C)COCc1ccccc1.I. The molecule has 2 N–H and O–H groups in total. The third-order valence-electron chi connectivity index (χ3n) is 3.06. The normalized spacial score (nSPS) is 13.1. The van der Waals surface area contributed by atoms with Crippen molar-refractivity contribution in [2.45, 2.75) is 26.1 Å². The summed E-state index contributed by atoms with van der Waals surface area (Å²) in [6.07, 6.45) is -5.05. The highest BCUT2D eigenvalue weighted by Crippen LogP contribution is 2.18. The van der Waals surface area contributed by atoms with E-state index in [-0.39, 0.29) is 36.4 Å². The number of aliphatic imine (C=N–C) groups is 1. The molecule has 8 heteroatoms. The van der Waals surface area contributed by atoms with E-state index in [1.54, 1.807) is 0 Å². The van der Waals surface area contributed by atoms with Gasteiger partial charge in [-0.05, 0) is 11.5 Å². The van der Waals surface area contributed by atoms with Gasteiger partial charge in [-0.2, -0.15) is 13.2 Å². The molecule has 0 aromatic heterocycles. The standard InChI is InChI=1S/C16H24F3N3O.HI/c1-13(11-23-12-14-6-4-3-5-7-14)10-22-15(20-2)21-9-8-16(17,18)19;/h3-7,13H,8-12H2,1-2H3,(H2,20,21,22);1H. The zero-order valence-electron chi connectivity index (χ0n) is 13.9. The summed E-state index contributed by atoms with van der Waals surface area (Å²) in [5, 5.41) is 5.64. The molecule has 0 fully saturated rings. The molecule has 1 rings (SSSR count). The Morgan fingerprint density at radius 3 is 2.46 bits per heavy atom. The summed E-state index contributed by atoms with van der Waals surface area (Å²) in [5.74, 6) is 0.573. The zero-order valence-corrected chi connectivity index (χ0v) is 16.2. The van der Waals surface area contributed by atoms with Gasteiger partial charge in [0, 0.05) is 20.1 Å². The Kier molecular flexibility index (Phi) is 11.8. The van der Waals surface area contributed by atoms with E-state index < -0.39 is 12.6 Å². The topological polar surface area (TPSA) is 45.7 Å². The van der Waals surface area contributed by atoms with Crippen LogP contribution >= 0.6 is 24.0 Å². The van der Waals surface area contributed by atoms with Crippen LogP contribution in [0.2, 0.25) is 0 Å². The van der Waals surface area contributed by atoms with Crippen LogP contribution < -0.4 is 10.6 Å². The highest BCUT2D eigenvalue weighted by Gasteiger charge is 2.26. The van der Waals surface area contributed by atoms with E-state index in [2.05, 4.69) is 15.6 Å². The van der Waals surface area contributed by atoms with Gasteiger partial charge in [-0.25, -0.2) is 0 Å². The molecular formula is C16H25F3IN3O. The Bertz CT molecular complexity index is 469. The molecule has 0 saturated heterocycles. The van der Waals surface area contributed by atoms with Gasteiger partial charge in [0.2, 0.25) is 0 Å². The molecule has 0 bridgehead atoms. The van der Waals surface area contributed by atoms with Crippen molar-refractivity contribution in [3.05, 3.63) is 35.9 Å². The molecule has 0 heterocycles. The van der Waals surface area contributed by atoms with Gasteiger partial charge in [-0.3, -0.25) is 4.99 Å². The zero-order chi connectivity index (χ0) is 17.1. The summed E-state index contributed by atoms with van der Waals surface area (Å²) in [4.78, 5) is 3.89. The van der Waals surface area contributed by atoms with Crippen LogP contribution in [0.25, 0.3) is 0 Å². The molecule has 1 aromatic carbocycles. The van der Waals surface area contributed by atoms with Crippen molar-refractivity contribution in [3.8, 4) is 0 Å². The number of hydrogen-bond acceptors (Lipinski definition) is 2. The van der Waals surface area contributed by atoms with Crippen LogP contribution in [-0.4, -0.2) is 38.9 Å². The molecule has 0 aliphatic heterocycles. The molecule has 0 amide bonds. The fourth-order valence-electron chi connectivity index (χ4n) is 1.83. The van der Waals surface area contributed by atoms with Crippen molar-refractivity contribution in [2.24, 2.45) is 10.9 Å². The van der Waals surface area contributed by atoms with Crippen LogP contribution in [0.1, 0.15) is 18.9 Å². The Morgan fingerprint density at radius 2 is 1.88 bits per heavy atom. The van der Waals surface area contributed by atoms with E-state index in [9.17, 15) is 13.2 Å². The molecule has 0 aliphatic carbocycles. The first kappa shape index (κ1) is 23.0. The van der Waals surface area contributed by atoms with Crippen molar-refractivity contribution < 1.29 is 17.9 Å². The van der Waals surface area contributed by atoms with E-state index in [0.29, 0.717) is 25.7 Å². The lowest BCUT2D eigenvalue weighted by Gasteiger charge is -2.16. The van der Waals surface area contributed by atoms with E-state index in [1.807, 2.05) is 37.3 Å². The van der Waals surface area contributed by atoms with E-state index in [1.165, 1.54) is 7.05 Å². The summed E-state index contributed by atoms with van der Waals surface area (Å²) in [7, 11) is 1.53. The van der Waals surface area contributed by atoms with Gasteiger partial charge in [0.05, 0.1) is 19.6 Å². The quantitative estimate of drug-likeness (QED) is 0.355. The van der Waals surface area contributed by atoms with Gasteiger partial charge in [-0.1, -0.05) is 37.3 Å². The Balaban J connectivity index is 0.00000529. The van der Waals surface area contributed by atoms with Crippen LogP contribution in [0.3, 0.4) is 0 Å².